The van der Waals surface area contributed by atoms with Crippen molar-refractivity contribution in [2.45, 2.75) is 19.9 Å². The van der Waals surface area contributed by atoms with Gasteiger partial charge in [-0.1, -0.05) is 28.1 Å². The summed E-state index contributed by atoms with van der Waals surface area (Å²) in [6.45, 7) is 3.95. The topological polar surface area (TPSA) is 35.2 Å². The van der Waals surface area contributed by atoms with E-state index in [0.29, 0.717) is 15.8 Å². The molecule has 0 aromatic heterocycles. The average Bonchev–Trinajstić information content (AvgIpc) is 2.37. The Morgan fingerprint density at radius 1 is 1.20 bits per heavy atom. The number of halogens is 2. The molecule has 2 aromatic rings. The highest BCUT2D eigenvalue weighted by atomic mass is 79.9. The Labute approximate surface area is 126 Å². The maximum absolute atomic E-state index is 14.1. The number of ether oxygens (including phenoxy) is 1. The molecule has 0 spiro atoms. The number of benzene rings is 2. The molecule has 20 heavy (non-hydrogen) atoms. The first-order valence-electron chi connectivity index (χ1n) is 6.30. The molecule has 0 aliphatic carbocycles. The van der Waals surface area contributed by atoms with E-state index in [1.165, 1.54) is 6.07 Å². The van der Waals surface area contributed by atoms with Gasteiger partial charge in [0.15, 0.2) is 0 Å². The highest BCUT2D eigenvalue weighted by Gasteiger charge is 2.22. The molecule has 0 heterocycles. The molecule has 0 aliphatic rings. The van der Waals surface area contributed by atoms with Gasteiger partial charge in [0.2, 0.25) is 0 Å². The zero-order valence-electron chi connectivity index (χ0n) is 11.7. The smallest absolute Gasteiger partial charge is 0.129 e. The number of hydrogen-bond donors (Lipinski definition) is 1. The first-order valence-corrected chi connectivity index (χ1v) is 7.09. The van der Waals surface area contributed by atoms with Crippen LogP contribution in [0, 0.1) is 19.7 Å². The number of methoxy groups -OCH3 is 1. The summed E-state index contributed by atoms with van der Waals surface area (Å²) in [4.78, 5) is 0. The van der Waals surface area contributed by atoms with Crippen molar-refractivity contribution in [3.8, 4) is 5.75 Å². The summed E-state index contributed by atoms with van der Waals surface area (Å²) in [6, 6.07) is 8.20. The van der Waals surface area contributed by atoms with E-state index in [2.05, 4.69) is 15.9 Å². The van der Waals surface area contributed by atoms with Crippen LogP contribution in [0.1, 0.15) is 28.3 Å². The molecule has 2 rings (SSSR count). The van der Waals surface area contributed by atoms with Crippen molar-refractivity contribution in [3.63, 3.8) is 0 Å². The van der Waals surface area contributed by atoms with Crippen molar-refractivity contribution in [3.05, 3.63) is 62.9 Å². The van der Waals surface area contributed by atoms with Gasteiger partial charge >= 0.3 is 0 Å². The molecular formula is C16H17BrFNO. The molecule has 4 heteroatoms. The summed E-state index contributed by atoms with van der Waals surface area (Å²) in [5.41, 5.74) is 9.62. The summed E-state index contributed by atoms with van der Waals surface area (Å²) in [5.74, 6) is 0.360. The van der Waals surface area contributed by atoms with Crippen molar-refractivity contribution in [1.29, 1.82) is 0 Å². The first kappa shape index (κ1) is 15.0. The molecule has 0 bridgehead atoms. The average molecular weight is 338 g/mol. The van der Waals surface area contributed by atoms with Crippen molar-refractivity contribution >= 4 is 15.9 Å². The third-order valence-electron chi connectivity index (χ3n) is 3.33. The van der Waals surface area contributed by atoms with E-state index in [1.807, 2.05) is 26.0 Å². The van der Waals surface area contributed by atoms with E-state index < -0.39 is 6.04 Å². The van der Waals surface area contributed by atoms with Crippen molar-refractivity contribution in [1.82, 2.24) is 0 Å². The molecule has 2 N–H and O–H groups in total. The third kappa shape index (κ3) is 2.72. The number of nitrogens with two attached hydrogens (primary N) is 1. The van der Waals surface area contributed by atoms with Crippen LogP contribution >= 0.6 is 15.9 Å². The van der Waals surface area contributed by atoms with Crippen LogP contribution in [0.15, 0.2) is 34.8 Å². The summed E-state index contributed by atoms with van der Waals surface area (Å²) >= 11 is 3.37. The Balaban J connectivity index is 2.62. The fourth-order valence-electron chi connectivity index (χ4n) is 2.46. The summed E-state index contributed by atoms with van der Waals surface area (Å²) in [6.07, 6.45) is 0. The van der Waals surface area contributed by atoms with Gasteiger partial charge in [-0.15, -0.1) is 0 Å². The molecule has 2 aromatic carbocycles. The number of aryl methyl sites for hydroxylation is 2. The van der Waals surface area contributed by atoms with Gasteiger partial charge in [0, 0.05) is 15.6 Å². The molecule has 0 saturated heterocycles. The SMILES string of the molecule is COc1cc(C)cc(C)c1C(N)c1c(F)cccc1Br. The molecule has 0 fully saturated rings. The first-order chi connectivity index (χ1) is 9.45. The Morgan fingerprint density at radius 2 is 1.90 bits per heavy atom. The number of rotatable bonds is 3. The highest BCUT2D eigenvalue weighted by Crippen LogP contribution is 2.36. The van der Waals surface area contributed by atoms with Crippen LogP contribution in [0.5, 0.6) is 5.75 Å². The molecule has 1 unspecified atom stereocenters. The minimum absolute atomic E-state index is 0.325. The van der Waals surface area contributed by atoms with Gasteiger partial charge in [0.25, 0.3) is 0 Å². The molecule has 0 aliphatic heterocycles. The summed E-state index contributed by atoms with van der Waals surface area (Å²) in [7, 11) is 1.60. The molecular weight excluding hydrogens is 321 g/mol. The second-order valence-corrected chi connectivity index (χ2v) is 5.67. The van der Waals surface area contributed by atoms with Gasteiger partial charge in [-0.05, 0) is 43.2 Å². The molecule has 0 amide bonds. The van der Waals surface area contributed by atoms with E-state index in [1.54, 1.807) is 19.2 Å². The van der Waals surface area contributed by atoms with E-state index in [9.17, 15) is 4.39 Å². The van der Waals surface area contributed by atoms with Crippen molar-refractivity contribution < 1.29 is 9.13 Å². The fourth-order valence-corrected chi connectivity index (χ4v) is 3.05. The van der Waals surface area contributed by atoms with Crippen LogP contribution in [0.3, 0.4) is 0 Å². The minimum atomic E-state index is -0.582. The zero-order chi connectivity index (χ0) is 14.9. The molecule has 2 nitrogen and oxygen atoms in total. The van der Waals surface area contributed by atoms with E-state index in [-0.39, 0.29) is 5.82 Å². The third-order valence-corrected chi connectivity index (χ3v) is 4.03. The lowest BCUT2D eigenvalue weighted by atomic mass is 9.93. The largest absolute Gasteiger partial charge is 0.496 e. The van der Waals surface area contributed by atoms with Crippen LogP contribution in [0.4, 0.5) is 4.39 Å². The lowest BCUT2D eigenvalue weighted by Crippen LogP contribution is -2.17. The standard InChI is InChI=1S/C16H17BrFNO/c1-9-7-10(2)14(13(8-9)20-3)16(19)15-11(17)5-4-6-12(15)18/h4-8,16H,19H2,1-3H3. The van der Waals surface area contributed by atoms with Crippen molar-refractivity contribution in [2.75, 3.05) is 7.11 Å². The normalized spacial score (nSPS) is 12.3. The molecule has 106 valence electrons. The van der Waals surface area contributed by atoms with Gasteiger partial charge in [-0.2, -0.15) is 0 Å². The van der Waals surface area contributed by atoms with E-state index in [4.69, 9.17) is 10.5 Å². The Bertz CT molecular complexity index is 622. The maximum atomic E-state index is 14.1. The fraction of sp³-hybridized carbons (Fsp3) is 0.250. The Hall–Kier alpha value is -1.39. The lowest BCUT2D eigenvalue weighted by Gasteiger charge is -2.21. The summed E-state index contributed by atoms with van der Waals surface area (Å²) < 4.78 is 20.2. The maximum Gasteiger partial charge on any atom is 0.129 e. The van der Waals surface area contributed by atoms with Crippen LogP contribution in [-0.2, 0) is 0 Å². The van der Waals surface area contributed by atoms with Gasteiger partial charge in [0.05, 0.1) is 13.2 Å². The van der Waals surface area contributed by atoms with Gasteiger partial charge in [0.1, 0.15) is 11.6 Å². The second-order valence-electron chi connectivity index (χ2n) is 4.81. The van der Waals surface area contributed by atoms with Gasteiger partial charge in [-0.3, -0.25) is 0 Å². The predicted molar refractivity (Wildman–Crippen MR) is 82.6 cm³/mol. The van der Waals surface area contributed by atoms with Gasteiger partial charge in [-0.25, -0.2) is 4.39 Å². The van der Waals surface area contributed by atoms with Gasteiger partial charge < -0.3 is 10.5 Å². The lowest BCUT2D eigenvalue weighted by molar-refractivity contribution is 0.406. The second kappa shape index (κ2) is 5.94. The van der Waals surface area contributed by atoms with Crippen LogP contribution in [0.2, 0.25) is 0 Å². The van der Waals surface area contributed by atoms with Crippen LogP contribution in [-0.4, -0.2) is 7.11 Å². The Morgan fingerprint density at radius 3 is 2.50 bits per heavy atom. The highest BCUT2D eigenvalue weighted by molar-refractivity contribution is 9.10. The van der Waals surface area contributed by atoms with Crippen LogP contribution in [0.25, 0.3) is 0 Å². The monoisotopic (exact) mass is 337 g/mol. The van der Waals surface area contributed by atoms with Crippen LogP contribution < -0.4 is 10.5 Å². The predicted octanol–water partition coefficient (Wildman–Crippen LogP) is 4.26. The van der Waals surface area contributed by atoms with E-state index in [0.717, 1.165) is 16.7 Å². The van der Waals surface area contributed by atoms with E-state index >= 15 is 0 Å². The minimum Gasteiger partial charge on any atom is -0.496 e. The molecule has 0 radical (unpaired) electrons. The number of hydrogen-bond acceptors (Lipinski definition) is 2. The molecule has 0 saturated carbocycles. The Kier molecular flexibility index (Phi) is 4.45. The molecule has 1 atom stereocenters. The quantitative estimate of drug-likeness (QED) is 0.907. The zero-order valence-corrected chi connectivity index (χ0v) is 13.3. The summed E-state index contributed by atoms with van der Waals surface area (Å²) in [5, 5.41) is 0. The van der Waals surface area contributed by atoms with Crippen molar-refractivity contribution in [2.24, 2.45) is 5.73 Å².